The van der Waals surface area contributed by atoms with Crippen molar-refractivity contribution in [3.05, 3.63) is 56.9 Å². The van der Waals surface area contributed by atoms with Gasteiger partial charge in [-0.3, -0.25) is 4.79 Å². The Kier molecular flexibility index (Phi) is 7.60. The molecule has 0 aromatic heterocycles. The molecule has 1 amide bonds. The summed E-state index contributed by atoms with van der Waals surface area (Å²) in [6.07, 6.45) is 0.948. The normalized spacial score (nSPS) is 15.8. The van der Waals surface area contributed by atoms with Crippen LogP contribution >= 0.6 is 22.6 Å². The second-order valence-corrected chi connectivity index (χ2v) is 11.4. The van der Waals surface area contributed by atoms with Crippen molar-refractivity contribution < 1.29 is 23.1 Å². The van der Waals surface area contributed by atoms with Gasteiger partial charge in [-0.1, -0.05) is 20.8 Å². The van der Waals surface area contributed by atoms with E-state index in [4.69, 9.17) is 0 Å². The maximum atomic E-state index is 14.7. The smallest absolute Gasteiger partial charge is 0.256 e. The van der Waals surface area contributed by atoms with Gasteiger partial charge in [0, 0.05) is 15.7 Å². The highest BCUT2D eigenvalue weighted by molar-refractivity contribution is 14.1. The third-order valence-corrected chi connectivity index (χ3v) is 7.88. The molecule has 9 heteroatoms. The zero-order chi connectivity index (χ0) is 25.5. The highest BCUT2D eigenvalue weighted by Crippen LogP contribution is 2.35. The molecule has 0 aliphatic carbocycles. The molecule has 0 saturated carbocycles. The molecule has 0 unspecified atom stereocenters. The van der Waals surface area contributed by atoms with E-state index in [1.165, 1.54) is 17.0 Å². The van der Waals surface area contributed by atoms with E-state index in [2.05, 4.69) is 45.3 Å². The minimum absolute atomic E-state index is 0.0143. The molecule has 1 aliphatic heterocycles. The number of hydrogen-bond acceptors (Lipinski definition) is 4. The Morgan fingerprint density at radius 1 is 1.12 bits per heavy atom. The quantitative estimate of drug-likeness (QED) is 0.359. The Hall–Kier alpha value is -1.85. The number of anilines is 2. The fourth-order valence-electron chi connectivity index (χ4n) is 3.73. The summed E-state index contributed by atoms with van der Waals surface area (Å²) in [6.45, 7) is 10.9. The lowest BCUT2D eigenvalue weighted by molar-refractivity contribution is -0.0847. The molecule has 3 N–H and O–H groups in total. The van der Waals surface area contributed by atoms with Gasteiger partial charge in [-0.2, -0.15) is 0 Å². The van der Waals surface area contributed by atoms with Crippen LogP contribution in [0, 0.1) is 26.4 Å². The van der Waals surface area contributed by atoms with Crippen molar-refractivity contribution in [2.24, 2.45) is 5.41 Å². The van der Waals surface area contributed by atoms with E-state index in [1.54, 1.807) is 6.07 Å². The van der Waals surface area contributed by atoms with Crippen molar-refractivity contribution in [2.75, 3.05) is 25.0 Å². The van der Waals surface area contributed by atoms with Gasteiger partial charge in [0.05, 0.1) is 30.0 Å². The van der Waals surface area contributed by atoms with Gasteiger partial charge < -0.3 is 20.6 Å². The van der Waals surface area contributed by atoms with Gasteiger partial charge in [-0.05, 0) is 78.6 Å². The van der Waals surface area contributed by atoms with Crippen LogP contribution in [0.5, 0.6) is 0 Å². The zero-order valence-corrected chi connectivity index (χ0v) is 22.2. The average molecular weight is 589 g/mol. The van der Waals surface area contributed by atoms with Crippen LogP contribution in [0.25, 0.3) is 0 Å². The van der Waals surface area contributed by atoms with Crippen LogP contribution in [0.4, 0.5) is 24.5 Å². The Balaban J connectivity index is 1.75. The number of aliphatic hydroxyl groups is 1. The summed E-state index contributed by atoms with van der Waals surface area (Å²) in [5, 5.41) is 16.8. The Labute approximate surface area is 212 Å². The van der Waals surface area contributed by atoms with E-state index < -0.39 is 34.6 Å². The molecule has 0 bridgehead atoms. The molecule has 1 aliphatic rings. The fourth-order valence-corrected chi connectivity index (χ4v) is 4.19. The van der Waals surface area contributed by atoms with E-state index in [0.29, 0.717) is 3.57 Å². The van der Waals surface area contributed by atoms with Gasteiger partial charge in [-0.25, -0.2) is 13.2 Å². The molecule has 186 valence electrons. The largest absolute Gasteiger partial charge is 0.385 e. The number of nitrogens with zero attached hydrogens (tertiary/aromatic N) is 1. The van der Waals surface area contributed by atoms with E-state index in [0.717, 1.165) is 18.6 Å². The number of halogens is 4. The van der Waals surface area contributed by atoms with Crippen molar-refractivity contribution in [1.82, 2.24) is 10.2 Å². The first-order valence-corrected chi connectivity index (χ1v) is 12.2. The lowest BCUT2D eigenvalue weighted by Crippen LogP contribution is -2.69. The summed E-state index contributed by atoms with van der Waals surface area (Å²) < 4.78 is 43.6. The number of rotatable bonds is 8. The summed E-state index contributed by atoms with van der Waals surface area (Å²) in [4.78, 5) is 14.5. The van der Waals surface area contributed by atoms with Crippen molar-refractivity contribution >= 4 is 39.9 Å². The first-order chi connectivity index (χ1) is 15.7. The first kappa shape index (κ1) is 26.7. The number of carbonyl (C=O) groups excluding carboxylic acids is 1. The molecule has 5 nitrogen and oxygen atoms in total. The van der Waals surface area contributed by atoms with Crippen LogP contribution in [-0.4, -0.2) is 46.7 Å². The highest BCUT2D eigenvalue weighted by Gasteiger charge is 2.46. The Morgan fingerprint density at radius 2 is 1.76 bits per heavy atom. The molecule has 1 fully saturated rings. The highest BCUT2D eigenvalue weighted by atomic mass is 127. The molecule has 2 aromatic rings. The van der Waals surface area contributed by atoms with Crippen molar-refractivity contribution in [1.29, 1.82) is 0 Å². The van der Waals surface area contributed by atoms with Crippen LogP contribution in [0.15, 0.2) is 30.3 Å². The molecular weight excluding hydrogens is 558 g/mol. The second-order valence-electron chi connectivity index (χ2n) is 10.1. The minimum Gasteiger partial charge on any atom is -0.385 e. The lowest BCUT2D eigenvalue weighted by Gasteiger charge is -2.50. The third kappa shape index (κ3) is 5.36. The standard InChI is InChI=1S/C25H31F3IN3O2/c1-6-23(2,3)24(4,5)30-12-25(34)13-32(14-25)22(33)16-8-9-17(26)20(28)21(16)31-19-10-7-15(29)11-18(19)27/h7-11,30-31,34H,6,12-14H2,1-5H3. The number of nitrogens with one attached hydrogen (secondary N) is 2. The number of likely N-dealkylation sites (tertiary alicyclic amines) is 1. The molecule has 34 heavy (non-hydrogen) atoms. The summed E-state index contributed by atoms with van der Waals surface area (Å²) in [6, 6.07) is 6.26. The SMILES string of the molecule is CCC(C)(C)C(C)(C)NCC1(O)CN(C(=O)c2ccc(F)c(F)c2Nc2ccc(I)cc2F)C1. The van der Waals surface area contributed by atoms with Crippen LogP contribution in [-0.2, 0) is 0 Å². The third-order valence-electron chi connectivity index (χ3n) is 7.21. The molecule has 0 spiro atoms. The van der Waals surface area contributed by atoms with Crippen LogP contribution in [0.3, 0.4) is 0 Å². The zero-order valence-electron chi connectivity index (χ0n) is 20.0. The van der Waals surface area contributed by atoms with E-state index >= 15 is 0 Å². The number of β-amino-alcohol motifs (C(OH)–C–C–N with tert-alkyl or cyclic N) is 1. The number of amides is 1. The van der Waals surface area contributed by atoms with Gasteiger partial charge in [0.2, 0.25) is 0 Å². The van der Waals surface area contributed by atoms with E-state index in [1.807, 2.05) is 22.6 Å². The summed E-state index contributed by atoms with van der Waals surface area (Å²) >= 11 is 1.93. The van der Waals surface area contributed by atoms with Crippen LogP contribution in [0.2, 0.25) is 0 Å². The maximum absolute atomic E-state index is 14.7. The summed E-state index contributed by atoms with van der Waals surface area (Å²) in [5.74, 6) is -3.67. The molecular formula is C25H31F3IN3O2. The first-order valence-electron chi connectivity index (χ1n) is 11.2. The summed E-state index contributed by atoms with van der Waals surface area (Å²) in [5.41, 5.74) is -2.06. The van der Waals surface area contributed by atoms with Crippen molar-refractivity contribution in [2.45, 2.75) is 52.2 Å². The van der Waals surface area contributed by atoms with Crippen molar-refractivity contribution in [3.8, 4) is 0 Å². The molecule has 1 saturated heterocycles. The van der Waals surface area contributed by atoms with Gasteiger partial charge in [0.1, 0.15) is 11.4 Å². The van der Waals surface area contributed by atoms with Gasteiger partial charge in [0.25, 0.3) is 5.91 Å². The molecule has 2 aromatic carbocycles. The Morgan fingerprint density at radius 3 is 2.35 bits per heavy atom. The van der Waals surface area contributed by atoms with Gasteiger partial charge in [-0.15, -0.1) is 0 Å². The van der Waals surface area contributed by atoms with Gasteiger partial charge >= 0.3 is 0 Å². The molecule has 1 heterocycles. The average Bonchev–Trinajstić information content (AvgIpc) is 2.74. The maximum Gasteiger partial charge on any atom is 0.256 e. The van der Waals surface area contributed by atoms with Crippen LogP contribution < -0.4 is 10.6 Å². The van der Waals surface area contributed by atoms with E-state index in [9.17, 15) is 23.1 Å². The monoisotopic (exact) mass is 589 g/mol. The number of hydrogen-bond donors (Lipinski definition) is 3. The summed E-state index contributed by atoms with van der Waals surface area (Å²) in [7, 11) is 0. The lowest BCUT2D eigenvalue weighted by atomic mass is 9.72. The molecule has 3 rings (SSSR count). The van der Waals surface area contributed by atoms with E-state index in [-0.39, 0.29) is 41.8 Å². The predicted molar refractivity (Wildman–Crippen MR) is 136 cm³/mol. The van der Waals surface area contributed by atoms with Gasteiger partial charge in [0.15, 0.2) is 11.6 Å². The topological polar surface area (TPSA) is 64.6 Å². The number of carbonyl (C=O) groups is 1. The number of benzene rings is 2. The minimum atomic E-state index is -1.27. The van der Waals surface area contributed by atoms with Crippen LogP contribution in [0.1, 0.15) is 51.4 Å². The predicted octanol–water partition coefficient (Wildman–Crippen LogP) is 5.44. The Bertz CT molecular complexity index is 1090. The second kappa shape index (κ2) is 9.66. The molecule has 0 radical (unpaired) electrons. The van der Waals surface area contributed by atoms with Crippen molar-refractivity contribution in [3.63, 3.8) is 0 Å². The fraction of sp³-hybridized carbons (Fsp3) is 0.480. The molecule has 0 atom stereocenters.